The van der Waals surface area contributed by atoms with Crippen molar-refractivity contribution in [3.05, 3.63) is 29.3 Å². The van der Waals surface area contributed by atoms with Crippen LogP contribution in [0.3, 0.4) is 0 Å². The van der Waals surface area contributed by atoms with Crippen LogP contribution in [0.1, 0.15) is 37.8 Å². The lowest BCUT2D eigenvalue weighted by Crippen LogP contribution is -2.39. The lowest BCUT2D eigenvalue weighted by Gasteiger charge is -2.36. The summed E-state index contributed by atoms with van der Waals surface area (Å²) in [6.07, 6.45) is 3.81. The second-order valence-electron chi connectivity index (χ2n) is 5.91. The van der Waals surface area contributed by atoms with E-state index in [2.05, 4.69) is 42.3 Å². The molecule has 1 N–H and O–H groups in total. The van der Waals surface area contributed by atoms with E-state index in [9.17, 15) is 0 Å². The highest BCUT2D eigenvalue weighted by molar-refractivity contribution is 5.59. The fraction of sp³-hybridized carbons (Fsp3) is 0.600. The Bertz CT molecular complexity index is 423. The van der Waals surface area contributed by atoms with Gasteiger partial charge in [0.15, 0.2) is 0 Å². The first-order chi connectivity index (χ1) is 8.18. The minimum atomic E-state index is 0.326. The van der Waals surface area contributed by atoms with Gasteiger partial charge >= 0.3 is 0 Å². The molecule has 1 aromatic rings. The number of anilines is 1. The Labute approximate surface area is 104 Å². The Morgan fingerprint density at radius 3 is 2.94 bits per heavy atom. The van der Waals surface area contributed by atoms with Gasteiger partial charge in [-0.3, -0.25) is 0 Å². The third-order valence-electron chi connectivity index (χ3n) is 4.31. The fourth-order valence-electron chi connectivity index (χ4n) is 3.30. The summed E-state index contributed by atoms with van der Waals surface area (Å²) >= 11 is 0. The van der Waals surface area contributed by atoms with Crippen LogP contribution in [0.25, 0.3) is 0 Å². The molecule has 2 heterocycles. The normalized spacial score (nSPS) is 22.6. The number of hydrogen-bond donors (Lipinski definition) is 1. The molecule has 2 aliphatic heterocycles. The topological polar surface area (TPSA) is 15.3 Å². The number of fused-ring (bicyclic) bond motifs is 1. The molecule has 1 saturated heterocycles. The predicted molar refractivity (Wildman–Crippen MR) is 72.5 cm³/mol. The smallest absolute Gasteiger partial charge is 0.0419 e. The Morgan fingerprint density at radius 1 is 1.29 bits per heavy atom. The minimum absolute atomic E-state index is 0.326. The van der Waals surface area contributed by atoms with E-state index in [0.717, 1.165) is 13.1 Å². The van der Waals surface area contributed by atoms with Gasteiger partial charge in [-0.1, -0.05) is 12.1 Å². The number of benzene rings is 1. The van der Waals surface area contributed by atoms with Crippen LogP contribution < -0.4 is 10.2 Å². The summed E-state index contributed by atoms with van der Waals surface area (Å²) in [6.45, 7) is 8.12. The maximum Gasteiger partial charge on any atom is 0.0419 e. The molecule has 92 valence electrons. The van der Waals surface area contributed by atoms with Gasteiger partial charge in [-0.2, -0.15) is 0 Å². The Morgan fingerprint density at radius 2 is 2.18 bits per heavy atom. The van der Waals surface area contributed by atoms with Gasteiger partial charge in [0.05, 0.1) is 0 Å². The van der Waals surface area contributed by atoms with Gasteiger partial charge in [0.25, 0.3) is 0 Å². The first-order valence-electron chi connectivity index (χ1n) is 6.78. The van der Waals surface area contributed by atoms with Gasteiger partial charge < -0.3 is 10.2 Å². The van der Waals surface area contributed by atoms with Gasteiger partial charge in [0, 0.05) is 24.3 Å². The van der Waals surface area contributed by atoms with Crippen molar-refractivity contribution in [2.45, 2.75) is 45.2 Å². The number of rotatable bonds is 1. The first kappa shape index (κ1) is 11.1. The van der Waals surface area contributed by atoms with Crippen molar-refractivity contribution in [2.24, 2.45) is 0 Å². The van der Waals surface area contributed by atoms with Crippen molar-refractivity contribution in [2.75, 3.05) is 18.0 Å². The average molecular weight is 230 g/mol. The van der Waals surface area contributed by atoms with E-state index >= 15 is 0 Å². The Kier molecular flexibility index (Phi) is 2.62. The molecule has 1 aromatic carbocycles. The maximum atomic E-state index is 3.51. The predicted octanol–water partition coefficient (Wildman–Crippen LogP) is 2.71. The summed E-state index contributed by atoms with van der Waals surface area (Å²) in [4.78, 5) is 2.61. The second-order valence-corrected chi connectivity index (χ2v) is 5.91. The molecule has 0 bridgehead atoms. The van der Waals surface area contributed by atoms with E-state index in [-0.39, 0.29) is 0 Å². The lowest BCUT2D eigenvalue weighted by atomic mass is 9.96. The molecule has 1 fully saturated rings. The molecule has 0 aliphatic carbocycles. The standard InChI is InChI=1S/C15H22N2/c1-15(2)8-4-10-17(15)14-6-3-5-12-7-9-16-11-13(12)14/h3,5-6,16H,4,7-11H2,1-2H3. The molecule has 0 saturated carbocycles. The van der Waals surface area contributed by atoms with Gasteiger partial charge in [-0.15, -0.1) is 0 Å². The SMILES string of the molecule is CC1(C)CCCN1c1cccc2c1CNCC2. The molecule has 0 atom stereocenters. The molecule has 17 heavy (non-hydrogen) atoms. The summed E-state index contributed by atoms with van der Waals surface area (Å²) in [7, 11) is 0. The third-order valence-corrected chi connectivity index (χ3v) is 4.31. The number of nitrogens with one attached hydrogen (secondary N) is 1. The zero-order valence-corrected chi connectivity index (χ0v) is 10.9. The molecule has 2 heteroatoms. The fourth-order valence-corrected chi connectivity index (χ4v) is 3.30. The van der Waals surface area contributed by atoms with Crippen LogP contribution in [0.2, 0.25) is 0 Å². The molecule has 0 spiro atoms. The van der Waals surface area contributed by atoms with E-state index in [1.54, 1.807) is 5.56 Å². The van der Waals surface area contributed by atoms with E-state index in [1.807, 2.05) is 0 Å². The maximum absolute atomic E-state index is 3.51. The largest absolute Gasteiger partial charge is 0.366 e. The highest BCUT2D eigenvalue weighted by Gasteiger charge is 2.33. The second kappa shape index (κ2) is 4.02. The van der Waals surface area contributed by atoms with Crippen LogP contribution in [0.5, 0.6) is 0 Å². The van der Waals surface area contributed by atoms with E-state index < -0.39 is 0 Å². The number of hydrogen-bond acceptors (Lipinski definition) is 2. The van der Waals surface area contributed by atoms with E-state index in [4.69, 9.17) is 0 Å². The summed E-state index contributed by atoms with van der Waals surface area (Å²) in [5, 5.41) is 3.51. The van der Waals surface area contributed by atoms with Gasteiger partial charge in [0.2, 0.25) is 0 Å². The van der Waals surface area contributed by atoms with Crippen LogP contribution >= 0.6 is 0 Å². The highest BCUT2D eigenvalue weighted by Crippen LogP contribution is 2.37. The molecule has 3 rings (SSSR count). The highest BCUT2D eigenvalue weighted by atomic mass is 15.2. The molecule has 2 aliphatic rings. The molecular weight excluding hydrogens is 208 g/mol. The zero-order chi connectivity index (χ0) is 11.9. The van der Waals surface area contributed by atoms with Crippen LogP contribution in [0.4, 0.5) is 5.69 Å². The van der Waals surface area contributed by atoms with Gasteiger partial charge in [-0.05, 0) is 56.8 Å². The molecule has 0 unspecified atom stereocenters. The summed E-state index contributed by atoms with van der Waals surface area (Å²) in [5.74, 6) is 0. The molecular formula is C15H22N2. The van der Waals surface area contributed by atoms with Crippen LogP contribution in [-0.4, -0.2) is 18.6 Å². The van der Waals surface area contributed by atoms with Crippen molar-refractivity contribution in [3.63, 3.8) is 0 Å². The first-order valence-corrected chi connectivity index (χ1v) is 6.78. The summed E-state index contributed by atoms with van der Waals surface area (Å²) in [6, 6.07) is 6.83. The monoisotopic (exact) mass is 230 g/mol. The summed E-state index contributed by atoms with van der Waals surface area (Å²) < 4.78 is 0. The Balaban J connectivity index is 2.03. The zero-order valence-electron chi connectivity index (χ0n) is 10.9. The summed E-state index contributed by atoms with van der Waals surface area (Å²) in [5.41, 5.74) is 4.88. The minimum Gasteiger partial charge on any atom is -0.366 e. The third kappa shape index (κ3) is 1.85. The molecule has 0 radical (unpaired) electrons. The van der Waals surface area contributed by atoms with Crippen molar-refractivity contribution < 1.29 is 0 Å². The van der Waals surface area contributed by atoms with Crippen LogP contribution in [0, 0.1) is 0 Å². The van der Waals surface area contributed by atoms with Crippen molar-refractivity contribution in [1.82, 2.24) is 5.32 Å². The van der Waals surface area contributed by atoms with Gasteiger partial charge in [0.1, 0.15) is 0 Å². The Hall–Kier alpha value is -1.02. The van der Waals surface area contributed by atoms with Crippen molar-refractivity contribution in [3.8, 4) is 0 Å². The molecule has 2 nitrogen and oxygen atoms in total. The van der Waals surface area contributed by atoms with E-state index in [0.29, 0.717) is 5.54 Å². The quantitative estimate of drug-likeness (QED) is 0.798. The van der Waals surface area contributed by atoms with E-state index in [1.165, 1.54) is 37.1 Å². The molecule has 0 amide bonds. The molecule has 0 aromatic heterocycles. The number of nitrogens with zero attached hydrogens (tertiary/aromatic N) is 1. The van der Waals surface area contributed by atoms with Crippen LogP contribution in [0.15, 0.2) is 18.2 Å². The van der Waals surface area contributed by atoms with Crippen molar-refractivity contribution in [1.29, 1.82) is 0 Å². The van der Waals surface area contributed by atoms with Crippen molar-refractivity contribution >= 4 is 5.69 Å². The lowest BCUT2D eigenvalue weighted by molar-refractivity contribution is 0.514. The van der Waals surface area contributed by atoms with Gasteiger partial charge in [-0.25, -0.2) is 0 Å². The van der Waals surface area contributed by atoms with Crippen LogP contribution in [-0.2, 0) is 13.0 Å². The average Bonchev–Trinajstić information content (AvgIpc) is 2.68.